The quantitative estimate of drug-likeness (QED) is 0.862. The van der Waals surface area contributed by atoms with E-state index in [0.29, 0.717) is 10.6 Å². The molecule has 0 aliphatic rings. The molecule has 1 heterocycles. The van der Waals surface area contributed by atoms with Gasteiger partial charge in [0.1, 0.15) is 9.88 Å². The Morgan fingerprint density at radius 2 is 2.06 bits per heavy atom. The van der Waals surface area contributed by atoms with Gasteiger partial charge in [0.05, 0.1) is 5.69 Å². The second kappa shape index (κ2) is 5.54. The molecule has 0 amide bonds. The Morgan fingerprint density at radius 3 is 2.56 bits per heavy atom. The molecule has 0 saturated carbocycles. The van der Waals surface area contributed by atoms with Crippen LogP contribution in [0.3, 0.4) is 0 Å². The lowest BCUT2D eigenvalue weighted by molar-refractivity contribution is 0.0701. The van der Waals surface area contributed by atoms with Crippen molar-refractivity contribution >= 4 is 29.1 Å². The zero-order valence-corrected chi connectivity index (χ0v) is 11.8. The van der Waals surface area contributed by atoms with Crippen molar-refractivity contribution in [1.29, 1.82) is 0 Å². The lowest BCUT2D eigenvalue weighted by Crippen LogP contribution is -1.94. The predicted molar refractivity (Wildman–Crippen MR) is 75.6 cm³/mol. The molecule has 0 aliphatic heterocycles. The Balaban J connectivity index is 2.31. The summed E-state index contributed by atoms with van der Waals surface area (Å²) in [7, 11) is 0. The molecule has 18 heavy (non-hydrogen) atoms. The Hall–Kier alpha value is -1.33. The van der Waals surface area contributed by atoms with E-state index in [4.69, 9.17) is 5.11 Å². The van der Waals surface area contributed by atoms with Crippen molar-refractivity contribution < 1.29 is 9.90 Å². The molecule has 1 aromatic heterocycles. The first-order chi connectivity index (χ1) is 8.61. The number of aryl methyl sites for hydroxylation is 1. The molecule has 0 radical (unpaired) electrons. The normalized spacial score (nSPS) is 10.6. The molecule has 94 valence electrons. The van der Waals surface area contributed by atoms with Gasteiger partial charge in [0.25, 0.3) is 0 Å². The van der Waals surface area contributed by atoms with Crippen LogP contribution in [0.2, 0.25) is 0 Å². The van der Waals surface area contributed by atoms with E-state index in [9.17, 15) is 4.79 Å². The van der Waals surface area contributed by atoms with Crippen LogP contribution in [-0.2, 0) is 0 Å². The first-order valence-electron chi connectivity index (χ1n) is 5.55. The van der Waals surface area contributed by atoms with Gasteiger partial charge < -0.3 is 5.11 Å². The zero-order chi connectivity index (χ0) is 13.1. The number of hydrogen-bond acceptors (Lipinski definition) is 4. The molecule has 0 bridgehead atoms. The molecule has 3 nitrogen and oxygen atoms in total. The van der Waals surface area contributed by atoms with Gasteiger partial charge in [0.15, 0.2) is 0 Å². The number of rotatable bonds is 4. The Morgan fingerprint density at radius 1 is 1.39 bits per heavy atom. The second-order valence-corrected chi connectivity index (χ2v) is 6.03. The Kier molecular flexibility index (Phi) is 4.04. The number of nitrogens with zero attached hydrogens (tertiary/aromatic N) is 1. The Bertz CT molecular complexity index is 561. The van der Waals surface area contributed by atoms with E-state index in [2.05, 4.69) is 11.9 Å². The van der Waals surface area contributed by atoms with E-state index in [-0.39, 0.29) is 0 Å². The van der Waals surface area contributed by atoms with Crippen LogP contribution < -0.4 is 0 Å². The number of hydrogen-bond donors (Lipinski definition) is 1. The Labute approximate surface area is 114 Å². The van der Waals surface area contributed by atoms with Crippen LogP contribution in [0.4, 0.5) is 0 Å². The highest BCUT2D eigenvalue weighted by atomic mass is 32.2. The summed E-state index contributed by atoms with van der Waals surface area (Å²) in [6.45, 7) is 3.84. The maximum atomic E-state index is 11.0. The van der Waals surface area contributed by atoms with Crippen LogP contribution in [0.25, 0.3) is 10.6 Å². The average Bonchev–Trinajstić information content (AvgIpc) is 2.73. The fraction of sp³-hybridized carbons (Fsp3) is 0.231. The summed E-state index contributed by atoms with van der Waals surface area (Å²) < 4.78 is 0. The summed E-state index contributed by atoms with van der Waals surface area (Å²) >= 11 is 3.00. The molecule has 2 rings (SSSR count). The number of benzene rings is 1. The summed E-state index contributed by atoms with van der Waals surface area (Å²) in [5.41, 5.74) is 1.55. The number of thiazole rings is 1. The standard InChI is InChI=1S/C13H13NO2S2/c1-3-17-10-6-4-9(5-7-10)12-14-8(2)11(18-12)13(15)16/h4-7H,3H2,1-2H3,(H,15,16). The van der Waals surface area contributed by atoms with Gasteiger partial charge in [-0.15, -0.1) is 23.1 Å². The highest BCUT2D eigenvalue weighted by Gasteiger charge is 2.14. The van der Waals surface area contributed by atoms with Crippen molar-refractivity contribution in [3.63, 3.8) is 0 Å². The monoisotopic (exact) mass is 279 g/mol. The topological polar surface area (TPSA) is 50.2 Å². The van der Waals surface area contributed by atoms with E-state index >= 15 is 0 Å². The number of carboxylic acids is 1. The minimum Gasteiger partial charge on any atom is -0.477 e. The van der Waals surface area contributed by atoms with Gasteiger partial charge >= 0.3 is 5.97 Å². The molecule has 0 fully saturated rings. The smallest absolute Gasteiger partial charge is 0.347 e. The first kappa shape index (κ1) is 13.1. The fourth-order valence-electron chi connectivity index (χ4n) is 1.58. The van der Waals surface area contributed by atoms with Crippen molar-refractivity contribution in [2.45, 2.75) is 18.7 Å². The summed E-state index contributed by atoms with van der Waals surface area (Å²) in [6.07, 6.45) is 0. The third-order valence-electron chi connectivity index (χ3n) is 2.40. The summed E-state index contributed by atoms with van der Waals surface area (Å²) in [4.78, 5) is 16.8. The molecule has 0 spiro atoms. The predicted octanol–water partition coefficient (Wildman–Crippen LogP) is 3.93. The minimum atomic E-state index is -0.908. The number of aromatic carboxylic acids is 1. The van der Waals surface area contributed by atoms with Gasteiger partial charge in [-0.1, -0.05) is 19.1 Å². The van der Waals surface area contributed by atoms with Gasteiger partial charge in [-0.05, 0) is 24.8 Å². The maximum Gasteiger partial charge on any atom is 0.347 e. The third-order valence-corrected chi connectivity index (χ3v) is 4.49. The molecule has 0 atom stereocenters. The number of carboxylic acid groups (broad SMARTS) is 1. The SMILES string of the molecule is CCSc1ccc(-c2nc(C)c(C(=O)O)s2)cc1. The van der Waals surface area contributed by atoms with E-state index in [1.807, 2.05) is 24.3 Å². The molecule has 2 aromatic rings. The van der Waals surface area contributed by atoms with Crippen LogP contribution in [0, 0.1) is 6.92 Å². The van der Waals surface area contributed by atoms with Crippen LogP contribution in [0.1, 0.15) is 22.3 Å². The van der Waals surface area contributed by atoms with Crippen molar-refractivity contribution in [2.24, 2.45) is 0 Å². The minimum absolute atomic E-state index is 0.317. The fourth-order valence-corrected chi connectivity index (χ4v) is 3.15. The van der Waals surface area contributed by atoms with Crippen LogP contribution in [0.5, 0.6) is 0 Å². The third kappa shape index (κ3) is 2.73. The van der Waals surface area contributed by atoms with E-state index < -0.39 is 5.97 Å². The van der Waals surface area contributed by atoms with Gasteiger partial charge in [-0.3, -0.25) is 0 Å². The molecule has 0 unspecified atom stereocenters. The van der Waals surface area contributed by atoms with Crippen LogP contribution >= 0.6 is 23.1 Å². The summed E-state index contributed by atoms with van der Waals surface area (Å²) in [5.74, 6) is 0.133. The number of aromatic nitrogens is 1. The van der Waals surface area contributed by atoms with E-state index in [1.165, 1.54) is 16.2 Å². The van der Waals surface area contributed by atoms with Gasteiger partial charge in [-0.2, -0.15) is 0 Å². The number of carbonyl (C=O) groups is 1. The highest BCUT2D eigenvalue weighted by molar-refractivity contribution is 7.99. The zero-order valence-electron chi connectivity index (χ0n) is 10.1. The lowest BCUT2D eigenvalue weighted by atomic mass is 10.2. The van der Waals surface area contributed by atoms with Crippen molar-refractivity contribution in [3.8, 4) is 10.6 Å². The molecule has 1 aromatic carbocycles. The van der Waals surface area contributed by atoms with Crippen molar-refractivity contribution in [2.75, 3.05) is 5.75 Å². The maximum absolute atomic E-state index is 11.0. The second-order valence-electron chi connectivity index (χ2n) is 3.70. The summed E-state index contributed by atoms with van der Waals surface area (Å²) in [5, 5.41) is 9.77. The molecule has 1 N–H and O–H groups in total. The molecule has 5 heteroatoms. The van der Waals surface area contributed by atoms with Crippen molar-refractivity contribution in [3.05, 3.63) is 34.8 Å². The molecular formula is C13H13NO2S2. The van der Waals surface area contributed by atoms with Gasteiger partial charge in [-0.25, -0.2) is 9.78 Å². The van der Waals surface area contributed by atoms with E-state index in [0.717, 1.165) is 16.3 Å². The van der Waals surface area contributed by atoms with Gasteiger partial charge in [0, 0.05) is 10.5 Å². The van der Waals surface area contributed by atoms with Crippen LogP contribution in [0.15, 0.2) is 29.2 Å². The largest absolute Gasteiger partial charge is 0.477 e. The highest BCUT2D eigenvalue weighted by Crippen LogP contribution is 2.29. The molecule has 0 aliphatic carbocycles. The van der Waals surface area contributed by atoms with Crippen LogP contribution in [-0.4, -0.2) is 21.8 Å². The lowest BCUT2D eigenvalue weighted by Gasteiger charge is -1.99. The first-order valence-corrected chi connectivity index (χ1v) is 7.36. The molecular weight excluding hydrogens is 266 g/mol. The average molecular weight is 279 g/mol. The van der Waals surface area contributed by atoms with Gasteiger partial charge in [0.2, 0.25) is 0 Å². The van der Waals surface area contributed by atoms with Crippen molar-refractivity contribution in [1.82, 2.24) is 4.98 Å². The molecule has 0 saturated heterocycles. The number of thioether (sulfide) groups is 1. The van der Waals surface area contributed by atoms with E-state index in [1.54, 1.807) is 18.7 Å². The summed E-state index contributed by atoms with van der Waals surface area (Å²) in [6, 6.07) is 8.06.